The van der Waals surface area contributed by atoms with Gasteiger partial charge in [-0.15, -0.1) is 5.10 Å². The molecule has 0 saturated carbocycles. The second kappa shape index (κ2) is 8.03. The second-order valence-electron chi connectivity index (χ2n) is 6.23. The van der Waals surface area contributed by atoms with E-state index < -0.39 is 0 Å². The molecule has 0 fully saturated rings. The van der Waals surface area contributed by atoms with Crippen molar-refractivity contribution in [1.82, 2.24) is 14.6 Å². The summed E-state index contributed by atoms with van der Waals surface area (Å²) in [6, 6.07) is 10.9. The van der Waals surface area contributed by atoms with Crippen LogP contribution in [0.15, 0.2) is 41.2 Å². The minimum atomic E-state index is -0.225. The van der Waals surface area contributed by atoms with Gasteiger partial charge in [0.05, 0.1) is 33.0 Å². The van der Waals surface area contributed by atoms with Crippen LogP contribution in [0, 0.1) is 0 Å². The summed E-state index contributed by atoms with van der Waals surface area (Å²) in [5.74, 6) is 2.60. The molecular formula is C21H19N3O5S. The Balaban J connectivity index is 1.77. The topological polar surface area (TPSA) is 84.2 Å². The molecular weight excluding hydrogens is 406 g/mol. The van der Waals surface area contributed by atoms with E-state index in [0.29, 0.717) is 38.1 Å². The molecule has 0 saturated heterocycles. The SMILES string of the molecule is COc1ccc(/C=c2\sc3nc(-c4cc(OC)c(OC)c(OC)c4)nn3c2=O)cc1. The van der Waals surface area contributed by atoms with Crippen molar-refractivity contribution in [2.45, 2.75) is 0 Å². The summed E-state index contributed by atoms with van der Waals surface area (Å²) in [6.45, 7) is 0. The first-order valence-electron chi connectivity index (χ1n) is 8.93. The summed E-state index contributed by atoms with van der Waals surface area (Å²) in [4.78, 5) is 17.8. The number of rotatable bonds is 6. The standard InChI is InChI=1S/C21H19N3O5S/c1-26-14-7-5-12(6-8-14)9-17-20(25)24-21(30-17)22-19(23-24)13-10-15(27-2)18(29-4)16(11-13)28-3/h5-11H,1-4H3/b17-9-. The van der Waals surface area contributed by atoms with E-state index >= 15 is 0 Å². The highest BCUT2D eigenvalue weighted by molar-refractivity contribution is 7.15. The third-order valence-electron chi connectivity index (χ3n) is 4.52. The lowest BCUT2D eigenvalue weighted by atomic mass is 10.1. The maximum absolute atomic E-state index is 12.8. The first-order chi connectivity index (χ1) is 14.6. The van der Waals surface area contributed by atoms with Crippen molar-refractivity contribution in [2.24, 2.45) is 0 Å². The van der Waals surface area contributed by atoms with Gasteiger partial charge < -0.3 is 18.9 Å². The van der Waals surface area contributed by atoms with Crippen LogP contribution in [0.5, 0.6) is 23.0 Å². The van der Waals surface area contributed by atoms with Gasteiger partial charge in [-0.3, -0.25) is 4.79 Å². The lowest BCUT2D eigenvalue weighted by molar-refractivity contribution is 0.324. The molecule has 9 heteroatoms. The summed E-state index contributed by atoms with van der Waals surface area (Å²) in [6.07, 6.45) is 1.81. The number of ether oxygens (including phenoxy) is 4. The predicted molar refractivity (Wildman–Crippen MR) is 114 cm³/mol. The van der Waals surface area contributed by atoms with E-state index in [1.54, 1.807) is 19.2 Å². The Morgan fingerprint density at radius 2 is 1.60 bits per heavy atom. The molecule has 0 radical (unpaired) electrons. The highest BCUT2D eigenvalue weighted by atomic mass is 32.1. The predicted octanol–water partition coefficient (Wildman–Crippen LogP) is 2.40. The van der Waals surface area contributed by atoms with Crippen LogP contribution in [0.3, 0.4) is 0 Å². The average molecular weight is 425 g/mol. The number of nitrogens with zero attached hydrogens (tertiary/aromatic N) is 3. The van der Waals surface area contributed by atoms with E-state index in [9.17, 15) is 4.79 Å². The Labute approximate surface area is 175 Å². The van der Waals surface area contributed by atoms with E-state index in [2.05, 4.69) is 10.1 Å². The lowest BCUT2D eigenvalue weighted by Crippen LogP contribution is -2.23. The molecule has 0 unspecified atom stereocenters. The van der Waals surface area contributed by atoms with Gasteiger partial charge in [-0.2, -0.15) is 9.50 Å². The number of hydrogen-bond donors (Lipinski definition) is 0. The van der Waals surface area contributed by atoms with Gasteiger partial charge in [-0.1, -0.05) is 23.5 Å². The smallest absolute Gasteiger partial charge is 0.291 e. The van der Waals surface area contributed by atoms with Gasteiger partial charge in [0, 0.05) is 5.56 Å². The van der Waals surface area contributed by atoms with Crippen LogP contribution >= 0.6 is 11.3 Å². The summed E-state index contributed by atoms with van der Waals surface area (Å²) in [5.41, 5.74) is 1.32. The van der Waals surface area contributed by atoms with Gasteiger partial charge in [-0.05, 0) is 35.9 Å². The highest BCUT2D eigenvalue weighted by Crippen LogP contribution is 2.40. The molecule has 2 aromatic carbocycles. The quantitative estimate of drug-likeness (QED) is 0.469. The zero-order valence-corrected chi connectivity index (χ0v) is 17.6. The van der Waals surface area contributed by atoms with Gasteiger partial charge >= 0.3 is 0 Å². The molecule has 2 aromatic heterocycles. The zero-order valence-electron chi connectivity index (χ0n) is 16.8. The van der Waals surface area contributed by atoms with E-state index in [1.165, 1.54) is 37.2 Å². The van der Waals surface area contributed by atoms with Crippen molar-refractivity contribution in [3.63, 3.8) is 0 Å². The van der Waals surface area contributed by atoms with Crippen LogP contribution in [0.25, 0.3) is 22.4 Å². The normalized spacial score (nSPS) is 11.7. The maximum atomic E-state index is 12.8. The number of fused-ring (bicyclic) bond motifs is 1. The molecule has 0 aliphatic heterocycles. The lowest BCUT2D eigenvalue weighted by Gasteiger charge is -2.12. The highest BCUT2D eigenvalue weighted by Gasteiger charge is 2.18. The van der Waals surface area contributed by atoms with E-state index in [4.69, 9.17) is 18.9 Å². The van der Waals surface area contributed by atoms with Crippen LogP contribution in [0.2, 0.25) is 0 Å². The van der Waals surface area contributed by atoms with Gasteiger partial charge in [0.2, 0.25) is 10.7 Å². The Bertz CT molecular complexity index is 1290. The molecule has 0 aliphatic rings. The Hall–Kier alpha value is -3.59. The minimum absolute atomic E-state index is 0.225. The van der Waals surface area contributed by atoms with Crippen molar-refractivity contribution in [3.05, 3.63) is 56.8 Å². The Morgan fingerprint density at radius 3 is 2.13 bits per heavy atom. The van der Waals surface area contributed by atoms with Crippen LogP contribution in [-0.4, -0.2) is 43.0 Å². The Kier molecular flexibility index (Phi) is 5.28. The van der Waals surface area contributed by atoms with Crippen molar-refractivity contribution >= 4 is 22.4 Å². The summed E-state index contributed by atoms with van der Waals surface area (Å²) >= 11 is 1.27. The fourth-order valence-corrected chi connectivity index (χ4v) is 3.93. The minimum Gasteiger partial charge on any atom is -0.497 e. The maximum Gasteiger partial charge on any atom is 0.291 e. The monoisotopic (exact) mass is 425 g/mol. The summed E-state index contributed by atoms with van der Waals surface area (Å²) < 4.78 is 23.1. The third kappa shape index (κ3) is 3.43. The van der Waals surface area contributed by atoms with E-state index in [-0.39, 0.29) is 5.56 Å². The van der Waals surface area contributed by atoms with Crippen molar-refractivity contribution in [1.29, 1.82) is 0 Å². The largest absolute Gasteiger partial charge is 0.497 e. The fourth-order valence-electron chi connectivity index (χ4n) is 3.02. The van der Waals surface area contributed by atoms with Crippen LogP contribution in [0.4, 0.5) is 0 Å². The Morgan fingerprint density at radius 1 is 0.933 bits per heavy atom. The number of aromatic nitrogens is 3. The number of thiazole rings is 1. The molecule has 4 aromatic rings. The van der Waals surface area contributed by atoms with E-state index in [1.807, 2.05) is 30.3 Å². The molecule has 0 atom stereocenters. The third-order valence-corrected chi connectivity index (χ3v) is 5.48. The molecule has 0 amide bonds. The second-order valence-corrected chi connectivity index (χ2v) is 7.24. The van der Waals surface area contributed by atoms with Crippen molar-refractivity contribution in [2.75, 3.05) is 28.4 Å². The molecule has 0 N–H and O–H groups in total. The average Bonchev–Trinajstić information content (AvgIpc) is 3.32. The summed E-state index contributed by atoms with van der Waals surface area (Å²) in [5, 5.41) is 4.39. The molecule has 4 rings (SSSR count). The summed E-state index contributed by atoms with van der Waals surface area (Å²) in [7, 11) is 6.23. The van der Waals surface area contributed by atoms with Gasteiger partial charge in [0.25, 0.3) is 5.56 Å². The van der Waals surface area contributed by atoms with E-state index in [0.717, 1.165) is 11.3 Å². The van der Waals surface area contributed by atoms with Crippen LogP contribution in [0.1, 0.15) is 5.56 Å². The number of benzene rings is 2. The first kappa shape index (κ1) is 19.7. The zero-order chi connectivity index (χ0) is 21.3. The van der Waals surface area contributed by atoms with Gasteiger partial charge in [0.15, 0.2) is 17.3 Å². The fraction of sp³-hybridized carbons (Fsp3) is 0.190. The molecule has 0 aliphatic carbocycles. The molecule has 2 heterocycles. The van der Waals surface area contributed by atoms with Crippen molar-refractivity contribution < 1.29 is 18.9 Å². The number of methoxy groups -OCH3 is 4. The van der Waals surface area contributed by atoms with Gasteiger partial charge in [0.1, 0.15) is 5.75 Å². The number of hydrogen-bond acceptors (Lipinski definition) is 8. The molecule has 0 spiro atoms. The van der Waals surface area contributed by atoms with Crippen LogP contribution < -0.4 is 29.0 Å². The first-order valence-corrected chi connectivity index (χ1v) is 9.75. The van der Waals surface area contributed by atoms with Crippen molar-refractivity contribution in [3.8, 4) is 34.4 Å². The molecule has 30 heavy (non-hydrogen) atoms. The molecule has 154 valence electrons. The molecule has 8 nitrogen and oxygen atoms in total. The molecule has 0 bridgehead atoms. The van der Waals surface area contributed by atoms with Gasteiger partial charge in [-0.25, -0.2) is 0 Å². The van der Waals surface area contributed by atoms with Crippen LogP contribution in [-0.2, 0) is 0 Å².